The number of nitrogens with one attached hydrogen (secondary N) is 2. The fourth-order valence-electron chi connectivity index (χ4n) is 3.67. The third-order valence-corrected chi connectivity index (χ3v) is 4.84. The molecule has 2 amide bonds. The lowest BCUT2D eigenvalue weighted by atomic mass is 9.90. The molecule has 0 aromatic rings. The zero-order valence-corrected chi connectivity index (χ0v) is 12.2. The molecule has 1 saturated carbocycles. The van der Waals surface area contributed by atoms with Crippen LogP contribution in [0, 0.1) is 0 Å². The highest BCUT2D eigenvalue weighted by Gasteiger charge is 2.41. The van der Waals surface area contributed by atoms with E-state index in [1.165, 1.54) is 19.3 Å². The standard InChI is InChI=1S/C15H26N2O3/c18-14(16-12-4-2-1-3-5-12)17-13-6-8-20-15(10-13)7-9-19-11-15/h12-13H,1-11H2,(H2,16,17,18)/t13-,15+/m1/s1. The van der Waals surface area contributed by atoms with Crippen molar-refractivity contribution in [2.24, 2.45) is 0 Å². The molecule has 2 atom stereocenters. The SMILES string of the molecule is O=C(NC1CCCCC1)N[C@@H]1CCO[C@@]2(CCOC2)C1. The summed E-state index contributed by atoms with van der Waals surface area (Å²) < 4.78 is 11.4. The van der Waals surface area contributed by atoms with Crippen molar-refractivity contribution in [3.8, 4) is 0 Å². The Labute approximate surface area is 120 Å². The summed E-state index contributed by atoms with van der Waals surface area (Å²) in [5.41, 5.74) is -0.138. The van der Waals surface area contributed by atoms with E-state index in [9.17, 15) is 4.79 Å². The van der Waals surface area contributed by atoms with E-state index in [-0.39, 0.29) is 17.7 Å². The molecule has 0 aromatic heterocycles. The molecule has 2 heterocycles. The van der Waals surface area contributed by atoms with Crippen LogP contribution < -0.4 is 10.6 Å². The van der Waals surface area contributed by atoms with Crippen LogP contribution in [-0.2, 0) is 9.47 Å². The Hall–Kier alpha value is -0.810. The minimum atomic E-state index is -0.138. The number of hydrogen-bond donors (Lipinski definition) is 2. The van der Waals surface area contributed by atoms with E-state index in [1.807, 2.05) is 0 Å². The van der Waals surface area contributed by atoms with Gasteiger partial charge in [-0.2, -0.15) is 0 Å². The molecule has 2 N–H and O–H groups in total. The first-order valence-electron chi connectivity index (χ1n) is 8.05. The van der Waals surface area contributed by atoms with Gasteiger partial charge in [0.05, 0.1) is 12.2 Å². The van der Waals surface area contributed by atoms with Gasteiger partial charge in [0.15, 0.2) is 0 Å². The Morgan fingerprint density at radius 2 is 1.80 bits per heavy atom. The van der Waals surface area contributed by atoms with Crippen molar-refractivity contribution in [3.05, 3.63) is 0 Å². The van der Waals surface area contributed by atoms with Crippen LogP contribution in [-0.4, -0.2) is 43.5 Å². The maximum absolute atomic E-state index is 12.1. The minimum Gasteiger partial charge on any atom is -0.378 e. The van der Waals surface area contributed by atoms with E-state index >= 15 is 0 Å². The Bertz CT molecular complexity index is 336. The van der Waals surface area contributed by atoms with E-state index in [1.54, 1.807) is 0 Å². The highest BCUT2D eigenvalue weighted by molar-refractivity contribution is 5.74. The second kappa shape index (κ2) is 6.31. The molecule has 114 valence electrons. The largest absolute Gasteiger partial charge is 0.378 e. The normalized spacial score (nSPS) is 35.1. The molecule has 3 fully saturated rings. The van der Waals surface area contributed by atoms with E-state index in [4.69, 9.17) is 9.47 Å². The van der Waals surface area contributed by atoms with Gasteiger partial charge < -0.3 is 20.1 Å². The van der Waals surface area contributed by atoms with Crippen LogP contribution >= 0.6 is 0 Å². The molecule has 0 bridgehead atoms. The van der Waals surface area contributed by atoms with Crippen LogP contribution in [0.1, 0.15) is 51.4 Å². The Morgan fingerprint density at radius 1 is 1.00 bits per heavy atom. The number of carbonyl (C=O) groups is 1. The number of urea groups is 1. The highest BCUT2D eigenvalue weighted by Crippen LogP contribution is 2.32. The van der Waals surface area contributed by atoms with Crippen LogP contribution in [0.2, 0.25) is 0 Å². The van der Waals surface area contributed by atoms with E-state index in [0.717, 1.165) is 45.3 Å². The maximum Gasteiger partial charge on any atom is 0.315 e. The van der Waals surface area contributed by atoms with Crippen molar-refractivity contribution in [2.75, 3.05) is 19.8 Å². The van der Waals surface area contributed by atoms with Gasteiger partial charge in [0.25, 0.3) is 0 Å². The molecule has 20 heavy (non-hydrogen) atoms. The third-order valence-electron chi connectivity index (χ3n) is 4.84. The van der Waals surface area contributed by atoms with Crippen LogP contribution in [0.4, 0.5) is 4.79 Å². The smallest absolute Gasteiger partial charge is 0.315 e. The summed E-state index contributed by atoms with van der Waals surface area (Å²) in [6, 6.07) is 0.583. The quantitative estimate of drug-likeness (QED) is 0.814. The number of rotatable bonds is 2. The molecule has 2 saturated heterocycles. The van der Waals surface area contributed by atoms with Crippen LogP contribution in [0.25, 0.3) is 0 Å². The van der Waals surface area contributed by atoms with E-state index in [2.05, 4.69) is 10.6 Å². The molecule has 5 heteroatoms. The fourth-order valence-corrected chi connectivity index (χ4v) is 3.67. The zero-order chi connectivity index (χ0) is 13.8. The molecule has 1 spiro atoms. The fraction of sp³-hybridized carbons (Fsp3) is 0.933. The lowest BCUT2D eigenvalue weighted by Crippen LogP contribution is -2.52. The number of carbonyl (C=O) groups excluding carboxylic acids is 1. The number of hydrogen-bond acceptors (Lipinski definition) is 3. The Kier molecular flexibility index (Phi) is 4.46. The molecule has 0 unspecified atom stereocenters. The second-order valence-electron chi connectivity index (χ2n) is 6.48. The van der Waals surface area contributed by atoms with Gasteiger partial charge in [0.2, 0.25) is 0 Å². The summed E-state index contributed by atoms with van der Waals surface area (Å²) in [7, 11) is 0. The number of amides is 2. The van der Waals surface area contributed by atoms with Crippen molar-refractivity contribution in [2.45, 2.75) is 69.1 Å². The molecule has 3 aliphatic rings. The molecule has 0 aromatic carbocycles. The second-order valence-corrected chi connectivity index (χ2v) is 6.48. The van der Waals surface area contributed by atoms with Gasteiger partial charge in [-0.3, -0.25) is 0 Å². The predicted molar refractivity (Wildman–Crippen MR) is 75.7 cm³/mol. The van der Waals surface area contributed by atoms with Gasteiger partial charge in [-0.25, -0.2) is 4.79 Å². The van der Waals surface area contributed by atoms with Crippen molar-refractivity contribution in [1.82, 2.24) is 10.6 Å². The molecular formula is C15H26N2O3. The summed E-state index contributed by atoms with van der Waals surface area (Å²) in [6.45, 7) is 2.17. The van der Waals surface area contributed by atoms with Crippen LogP contribution in [0.15, 0.2) is 0 Å². The van der Waals surface area contributed by atoms with Crippen molar-refractivity contribution in [3.63, 3.8) is 0 Å². The van der Waals surface area contributed by atoms with Crippen molar-refractivity contribution >= 4 is 6.03 Å². The maximum atomic E-state index is 12.1. The Balaban J connectivity index is 1.45. The van der Waals surface area contributed by atoms with Gasteiger partial charge in [-0.05, 0) is 25.7 Å². The third kappa shape index (κ3) is 3.44. The van der Waals surface area contributed by atoms with E-state index < -0.39 is 0 Å². The van der Waals surface area contributed by atoms with Gasteiger partial charge in [-0.1, -0.05) is 19.3 Å². The monoisotopic (exact) mass is 282 g/mol. The molecule has 0 radical (unpaired) electrons. The van der Waals surface area contributed by atoms with Gasteiger partial charge in [0.1, 0.15) is 0 Å². The molecule has 1 aliphatic carbocycles. The van der Waals surface area contributed by atoms with Gasteiger partial charge in [-0.15, -0.1) is 0 Å². The summed E-state index contributed by atoms with van der Waals surface area (Å²) in [5.74, 6) is 0. The summed E-state index contributed by atoms with van der Waals surface area (Å²) in [5, 5.41) is 6.25. The highest BCUT2D eigenvalue weighted by atomic mass is 16.6. The number of ether oxygens (including phenoxy) is 2. The molecule has 5 nitrogen and oxygen atoms in total. The lowest BCUT2D eigenvalue weighted by molar-refractivity contribution is -0.0878. The van der Waals surface area contributed by atoms with Gasteiger partial charge in [0, 0.05) is 31.7 Å². The Morgan fingerprint density at radius 3 is 2.55 bits per heavy atom. The minimum absolute atomic E-state index is 0.00198. The van der Waals surface area contributed by atoms with Crippen LogP contribution in [0.3, 0.4) is 0 Å². The first-order valence-corrected chi connectivity index (χ1v) is 8.05. The predicted octanol–water partition coefficient (Wildman–Crippen LogP) is 1.96. The molecular weight excluding hydrogens is 256 g/mol. The first kappa shape index (κ1) is 14.1. The van der Waals surface area contributed by atoms with Crippen LogP contribution in [0.5, 0.6) is 0 Å². The van der Waals surface area contributed by atoms with Crippen molar-refractivity contribution < 1.29 is 14.3 Å². The van der Waals surface area contributed by atoms with E-state index in [0.29, 0.717) is 12.6 Å². The van der Waals surface area contributed by atoms with Crippen molar-refractivity contribution in [1.29, 1.82) is 0 Å². The zero-order valence-electron chi connectivity index (χ0n) is 12.2. The lowest BCUT2D eigenvalue weighted by Gasteiger charge is -2.37. The topological polar surface area (TPSA) is 59.6 Å². The first-order chi connectivity index (χ1) is 9.76. The summed E-state index contributed by atoms with van der Waals surface area (Å²) >= 11 is 0. The molecule has 3 rings (SSSR count). The summed E-state index contributed by atoms with van der Waals surface area (Å²) in [6.07, 6.45) is 8.77. The average molecular weight is 282 g/mol. The average Bonchev–Trinajstić information content (AvgIpc) is 2.87. The molecule has 2 aliphatic heterocycles. The van der Waals surface area contributed by atoms with Gasteiger partial charge >= 0.3 is 6.03 Å². The summed E-state index contributed by atoms with van der Waals surface area (Å²) in [4.78, 5) is 12.1.